The number of halogens is 1. The van der Waals surface area contributed by atoms with Crippen molar-refractivity contribution in [2.24, 2.45) is 0 Å². The standard InChI is InChI=1S/C18H18FN3OS/c1-3-22-17(13-8-6-9-15(11-13)23-2)20-21-18(22)24-12-14-7-4-5-10-16(14)19/h4-11H,3,12H2,1-2H3. The number of benzene rings is 2. The number of methoxy groups -OCH3 is 1. The molecule has 4 nitrogen and oxygen atoms in total. The first kappa shape index (κ1) is 16.5. The Morgan fingerprint density at radius 3 is 2.71 bits per heavy atom. The van der Waals surface area contributed by atoms with Gasteiger partial charge in [-0.2, -0.15) is 0 Å². The molecule has 0 amide bonds. The molecule has 0 atom stereocenters. The third-order valence-corrected chi connectivity index (χ3v) is 4.69. The molecule has 0 fully saturated rings. The van der Waals surface area contributed by atoms with Crippen molar-refractivity contribution in [1.29, 1.82) is 0 Å². The van der Waals surface area contributed by atoms with Crippen molar-refractivity contribution in [1.82, 2.24) is 14.8 Å². The normalized spacial score (nSPS) is 10.8. The molecule has 0 aliphatic rings. The molecule has 0 N–H and O–H groups in total. The molecule has 0 bridgehead atoms. The number of rotatable bonds is 6. The lowest BCUT2D eigenvalue weighted by Gasteiger charge is -2.08. The summed E-state index contributed by atoms with van der Waals surface area (Å²) in [5, 5.41) is 9.36. The van der Waals surface area contributed by atoms with Gasteiger partial charge in [0, 0.05) is 17.9 Å². The molecule has 0 aliphatic carbocycles. The van der Waals surface area contributed by atoms with Crippen LogP contribution >= 0.6 is 11.8 Å². The van der Waals surface area contributed by atoms with Crippen LogP contribution in [0.1, 0.15) is 12.5 Å². The fourth-order valence-corrected chi connectivity index (χ4v) is 3.40. The van der Waals surface area contributed by atoms with Gasteiger partial charge < -0.3 is 9.30 Å². The molecule has 0 saturated carbocycles. The van der Waals surface area contributed by atoms with E-state index in [4.69, 9.17) is 4.74 Å². The molecular formula is C18H18FN3OS. The average Bonchev–Trinajstić information content (AvgIpc) is 3.04. The maximum absolute atomic E-state index is 13.8. The molecule has 1 heterocycles. The van der Waals surface area contributed by atoms with E-state index in [2.05, 4.69) is 10.2 Å². The van der Waals surface area contributed by atoms with E-state index < -0.39 is 0 Å². The topological polar surface area (TPSA) is 39.9 Å². The first-order valence-corrected chi connectivity index (χ1v) is 8.65. The number of hydrogen-bond donors (Lipinski definition) is 0. The number of aromatic nitrogens is 3. The second kappa shape index (κ2) is 7.49. The maximum atomic E-state index is 13.8. The van der Waals surface area contributed by atoms with Crippen molar-refractivity contribution >= 4 is 11.8 Å². The highest BCUT2D eigenvalue weighted by molar-refractivity contribution is 7.98. The molecule has 0 radical (unpaired) electrons. The molecule has 0 aliphatic heterocycles. The maximum Gasteiger partial charge on any atom is 0.191 e. The van der Waals surface area contributed by atoms with Gasteiger partial charge in [-0.1, -0.05) is 42.1 Å². The van der Waals surface area contributed by atoms with Crippen LogP contribution in [0.3, 0.4) is 0 Å². The summed E-state index contributed by atoms with van der Waals surface area (Å²) in [6, 6.07) is 14.5. The lowest BCUT2D eigenvalue weighted by molar-refractivity contribution is 0.415. The van der Waals surface area contributed by atoms with Crippen molar-refractivity contribution in [3.8, 4) is 17.1 Å². The lowest BCUT2D eigenvalue weighted by Crippen LogP contribution is -2.00. The summed E-state index contributed by atoms with van der Waals surface area (Å²) >= 11 is 1.48. The third-order valence-electron chi connectivity index (χ3n) is 3.68. The van der Waals surface area contributed by atoms with E-state index in [1.54, 1.807) is 19.2 Å². The predicted molar refractivity (Wildman–Crippen MR) is 93.6 cm³/mol. The highest BCUT2D eigenvalue weighted by atomic mass is 32.2. The van der Waals surface area contributed by atoms with Gasteiger partial charge in [-0.25, -0.2) is 4.39 Å². The minimum Gasteiger partial charge on any atom is -0.497 e. The SMILES string of the molecule is CCn1c(SCc2ccccc2F)nnc1-c1cccc(OC)c1. The zero-order valence-electron chi connectivity index (χ0n) is 13.6. The zero-order valence-corrected chi connectivity index (χ0v) is 14.4. The minimum absolute atomic E-state index is 0.194. The van der Waals surface area contributed by atoms with E-state index in [0.29, 0.717) is 11.3 Å². The van der Waals surface area contributed by atoms with E-state index in [1.807, 2.05) is 41.8 Å². The smallest absolute Gasteiger partial charge is 0.191 e. The molecule has 0 saturated heterocycles. The molecule has 24 heavy (non-hydrogen) atoms. The van der Waals surface area contributed by atoms with Gasteiger partial charge in [0.2, 0.25) is 0 Å². The largest absolute Gasteiger partial charge is 0.497 e. The van der Waals surface area contributed by atoms with Crippen molar-refractivity contribution < 1.29 is 9.13 Å². The first-order valence-electron chi connectivity index (χ1n) is 7.66. The lowest BCUT2D eigenvalue weighted by atomic mass is 10.2. The number of ether oxygens (including phenoxy) is 1. The minimum atomic E-state index is -0.194. The van der Waals surface area contributed by atoms with Crippen LogP contribution in [0, 0.1) is 5.82 Å². The summed E-state index contributed by atoms with van der Waals surface area (Å²) in [6.45, 7) is 2.78. The molecule has 0 unspecified atom stereocenters. The summed E-state index contributed by atoms with van der Waals surface area (Å²) < 4.78 is 21.1. The van der Waals surface area contributed by atoms with Crippen molar-refractivity contribution in [3.05, 3.63) is 59.9 Å². The van der Waals surface area contributed by atoms with Crippen molar-refractivity contribution in [2.45, 2.75) is 24.4 Å². The average molecular weight is 343 g/mol. The quantitative estimate of drug-likeness (QED) is 0.622. The van der Waals surface area contributed by atoms with Gasteiger partial charge in [0.15, 0.2) is 11.0 Å². The Morgan fingerprint density at radius 1 is 1.12 bits per heavy atom. The van der Waals surface area contributed by atoms with Crippen LogP contribution in [0.5, 0.6) is 5.75 Å². The number of nitrogens with zero attached hydrogens (tertiary/aromatic N) is 3. The summed E-state index contributed by atoms with van der Waals surface area (Å²) in [6.07, 6.45) is 0. The monoisotopic (exact) mass is 343 g/mol. The molecule has 124 valence electrons. The molecule has 3 rings (SSSR count). The Labute approximate surface area is 144 Å². The van der Waals surface area contributed by atoms with Gasteiger partial charge in [-0.15, -0.1) is 10.2 Å². The molecule has 2 aromatic carbocycles. The molecular weight excluding hydrogens is 325 g/mol. The van der Waals surface area contributed by atoms with E-state index in [1.165, 1.54) is 17.8 Å². The van der Waals surface area contributed by atoms with Gasteiger partial charge in [-0.05, 0) is 30.7 Å². The molecule has 1 aromatic heterocycles. The van der Waals surface area contributed by atoms with Gasteiger partial charge >= 0.3 is 0 Å². The van der Waals surface area contributed by atoms with Crippen LogP contribution in [-0.4, -0.2) is 21.9 Å². The van der Waals surface area contributed by atoms with Crippen LogP contribution < -0.4 is 4.74 Å². The Kier molecular flexibility index (Phi) is 5.15. The Balaban J connectivity index is 1.85. The van der Waals surface area contributed by atoms with Crippen LogP contribution in [0.25, 0.3) is 11.4 Å². The van der Waals surface area contributed by atoms with Crippen molar-refractivity contribution in [3.63, 3.8) is 0 Å². The van der Waals surface area contributed by atoms with E-state index in [-0.39, 0.29) is 5.82 Å². The number of hydrogen-bond acceptors (Lipinski definition) is 4. The van der Waals surface area contributed by atoms with E-state index in [9.17, 15) is 4.39 Å². The van der Waals surface area contributed by atoms with E-state index >= 15 is 0 Å². The molecule has 0 spiro atoms. The summed E-state index contributed by atoms with van der Waals surface area (Å²) in [4.78, 5) is 0. The highest BCUT2D eigenvalue weighted by Crippen LogP contribution is 2.28. The summed E-state index contributed by atoms with van der Waals surface area (Å²) in [5.41, 5.74) is 1.61. The predicted octanol–water partition coefficient (Wildman–Crippen LogP) is 4.41. The van der Waals surface area contributed by atoms with Gasteiger partial charge in [-0.3, -0.25) is 0 Å². The Bertz CT molecular complexity index is 835. The van der Waals surface area contributed by atoms with Crippen LogP contribution in [-0.2, 0) is 12.3 Å². The van der Waals surface area contributed by atoms with Gasteiger partial charge in [0.1, 0.15) is 11.6 Å². The van der Waals surface area contributed by atoms with Gasteiger partial charge in [0.05, 0.1) is 7.11 Å². The summed E-state index contributed by atoms with van der Waals surface area (Å²) in [7, 11) is 1.64. The van der Waals surface area contributed by atoms with Crippen LogP contribution in [0.2, 0.25) is 0 Å². The van der Waals surface area contributed by atoms with Crippen LogP contribution in [0.15, 0.2) is 53.7 Å². The molecule has 6 heteroatoms. The van der Waals surface area contributed by atoms with Crippen LogP contribution in [0.4, 0.5) is 4.39 Å². The Morgan fingerprint density at radius 2 is 1.96 bits per heavy atom. The first-order chi connectivity index (χ1) is 11.7. The zero-order chi connectivity index (χ0) is 16.9. The highest BCUT2D eigenvalue weighted by Gasteiger charge is 2.14. The summed E-state index contributed by atoms with van der Waals surface area (Å²) in [5.74, 6) is 1.88. The number of thioether (sulfide) groups is 1. The third kappa shape index (κ3) is 3.43. The fraction of sp³-hybridized carbons (Fsp3) is 0.222. The Hall–Kier alpha value is -2.34. The molecule has 3 aromatic rings. The second-order valence-corrected chi connectivity index (χ2v) is 6.10. The van der Waals surface area contributed by atoms with Gasteiger partial charge in [0.25, 0.3) is 0 Å². The van der Waals surface area contributed by atoms with E-state index in [0.717, 1.165) is 28.8 Å². The fourth-order valence-electron chi connectivity index (χ4n) is 2.41. The van der Waals surface area contributed by atoms with Crippen molar-refractivity contribution in [2.75, 3.05) is 7.11 Å². The second-order valence-electron chi connectivity index (χ2n) is 5.16.